The Morgan fingerprint density at radius 3 is 1.90 bits per heavy atom. The third-order valence-electron chi connectivity index (χ3n) is 6.14. The van der Waals surface area contributed by atoms with Gasteiger partial charge in [-0.1, -0.05) is 65.0 Å². The van der Waals surface area contributed by atoms with Crippen molar-refractivity contribution in [2.45, 2.75) is 53.4 Å². The van der Waals surface area contributed by atoms with E-state index in [1.165, 1.54) is 24.8 Å². The topological polar surface area (TPSA) is 122 Å². The van der Waals surface area contributed by atoms with Gasteiger partial charge in [0.25, 0.3) is 5.91 Å². The molecule has 0 heterocycles. The van der Waals surface area contributed by atoms with Gasteiger partial charge in [-0.15, -0.1) is 0 Å². The van der Waals surface area contributed by atoms with Gasteiger partial charge < -0.3 is 25.0 Å². The first-order valence-electron chi connectivity index (χ1n) is 12.9. The van der Waals surface area contributed by atoms with Gasteiger partial charge in [-0.05, 0) is 71.7 Å². The molecule has 0 aliphatic rings. The first-order valence-corrected chi connectivity index (χ1v) is 12.9. The number of rotatable bonds is 9. The van der Waals surface area contributed by atoms with Crippen molar-refractivity contribution in [2.75, 3.05) is 19.0 Å². The molecule has 3 N–H and O–H groups in total. The van der Waals surface area contributed by atoms with Gasteiger partial charge in [0.2, 0.25) is 0 Å². The highest BCUT2D eigenvalue weighted by atomic mass is 16.5. The van der Waals surface area contributed by atoms with Crippen molar-refractivity contribution in [3.8, 4) is 11.5 Å². The maximum Gasteiger partial charge on any atom is 0.336 e. The molecule has 40 heavy (non-hydrogen) atoms. The molecule has 1 amide bonds. The zero-order valence-corrected chi connectivity index (χ0v) is 24.2. The van der Waals surface area contributed by atoms with Crippen LogP contribution in [0.1, 0.15) is 72.9 Å². The third kappa shape index (κ3) is 9.45. The second-order valence-corrected chi connectivity index (χ2v) is 11.3. The maximum atomic E-state index is 12.4. The number of anilines is 1. The van der Waals surface area contributed by atoms with E-state index in [0.717, 1.165) is 6.42 Å². The highest BCUT2D eigenvalue weighted by molar-refractivity contribution is 5.98. The molecule has 0 saturated carbocycles. The normalized spacial score (nSPS) is 11.1. The fourth-order valence-electron chi connectivity index (χ4n) is 4.58. The molecule has 0 saturated heterocycles. The van der Waals surface area contributed by atoms with Crippen LogP contribution in [-0.2, 0) is 10.2 Å². The summed E-state index contributed by atoms with van der Waals surface area (Å²) in [4.78, 5) is 34.0. The molecule has 3 aromatic rings. The second kappa shape index (κ2) is 13.6. The zero-order chi connectivity index (χ0) is 30.1. The van der Waals surface area contributed by atoms with Crippen molar-refractivity contribution in [2.24, 2.45) is 5.41 Å². The Kier molecular flexibility index (Phi) is 10.9. The molecule has 8 heteroatoms. The first-order chi connectivity index (χ1) is 18.6. The summed E-state index contributed by atoms with van der Waals surface area (Å²) in [7, 11) is 1.46. The van der Waals surface area contributed by atoms with Crippen molar-refractivity contribution in [3.05, 3.63) is 89.0 Å². The molecule has 0 unspecified atom stereocenters. The SMILES string of the molecule is COc1ccc(C(=O)O)c(C)c1NC(=O)COc1ccc(C(C)(C)CC(C)(C)C)cc1.O=C(O)c1ccccc1. The smallest absolute Gasteiger partial charge is 0.336 e. The largest absolute Gasteiger partial charge is 0.495 e. The molecule has 0 fully saturated rings. The van der Waals surface area contributed by atoms with E-state index in [-0.39, 0.29) is 23.0 Å². The zero-order valence-electron chi connectivity index (χ0n) is 24.2. The standard InChI is InChI=1S/C25H33NO5.C7H6O2/c1-16-19(23(28)29)12-13-20(30-7)22(16)26-21(27)14-31-18-10-8-17(9-11-18)25(5,6)15-24(2,3)4;8-7(9)6-4-2-1-3-5-6/h8-13H,14-15H2,1-7H3,(H,26,27)(H,28,29);1-5H,(H,8,9). The van der Waals surface area contributed by atoms with Gasteiger partial charge in [0.05, 0.1) is 23.9 Å². The number of methoxy groups -OCH3 is 1. The van der Waals surface area contributed by atoms with E-state index in [4.69, 9.17) is 14.6 Å². The Morgan fingerprint density at radius 2 is 1.43 bits per heavy atom. The molecule has 0 aliphatic heterocycles. The van der Waals surface area contributed by atoms with Crippen LogP contribution in [0, 0.1) is 12.3 Å². The molecular formula is C32H39NO7. The van der Waals surface area contributed by atoms with Crippen molar-refractivity contribution in [3.63, 3.8) is 0 Å². The number of carboxylic acids is 2. The van der Waals surface area contributed by atoms with Crippen LogP contribution in [0.25, 0.3) is 0 Å². The van der Waals surface area contributed by atoms with Gasteiger partial charge in [0, 0.05) is 0 Å². The van der Waals surface area contributed by atoms with Gasteiger partial charge in [0.15, 0.2) is 6.61 Å². The molecule has 8 nitrogen and oxygen atoms in total. The summed E-state index contributed by atoms with van der Waals surface area (Å²) < 4.78 is 10.9. The van der Waals surface area contributed by atoms with E-state index in [2.05, 4.69) is 39.9 Å². The fraction of sp³-hybridized carbons (Fsp3) is 0.344. The van der Waals surface area contributed by atoms with E-state index in [1.807, 2.05) is 24.3 Å². The maximum absolute atomic E-state index is 12.4. The Bertz CT molecular complexity index is 1310. The van der Waals surface area contributed by atoms with Gasteiger partial charge in [-0.25, -0.2) is 9.59 Å². The summed E-state index contributed by atoms with van der Waals surface area (Å²) in [6.07, 6.45) is 1.04. The Morgan fingerprint density at radius 1 is 0.825 bits per heavy atom. The van der Waals surface area contributed by atoms with Crippen molar-refractivity contribution in [1.82, 2.24) is 0 Å². The van der Waals surface area contributed by atoms with E-state index in [9.17, 15) is 19.5 Å². The number of carboxylic acid groups (broad SMARTS) is 2. The lowest BCUT2D eigenvalue weighted by molar-refractivity contribution is -0.118. The van der Waals surface area contributed by atoms with Crippen LogP contribution in [0.5, 0.6) is 11.5 Å². The van der Waals surface area contributed by atoms with Crippen LogP contribution < -0.4 is 14.8 Å². The van der Waals surface area contributed by atoms with E-state index < -0.39 is 17.8 Å². The molecular weight excluding hydrogens is 510 g/mol. The molecule has 0 aliphatic carbocycles. The van der Waals surface area contributed by atoms with Crippen LogP contribution in [0.4, 0.5) is 5.69 Å². The Balaban J connectivity index is 0.000000526. The number of carbonyl (C=O) groups is 3. The van der Waals surface area contributed by atoms with Crippen LogP contribution in [0.2, 0.25) is 0 Å². The number of ether oxygens (including phenoxy) is 2. The average Bonchev–Trinajstić information content (AvgIpc) is 2.88. The summed E-state index contributed by atoms with van der Waals surface area (Å²) >= 11 is 0. The number of amides is 1. The summed E-state index contributed by atoms with van der Waals surface area (Å²) in [5.74, 6) is -1.37. The van der Waals surface area contributed by atoms with Crippen molar-refractivity contribution >= 4 is 23.5 Å². The number of benzene rings is 3. The van der Waals surface area contributed by atoms with Gasteiger partial charge >= 0.3 is 11.9 Å². The summed E-state index contributed by atoms with van der Waals surface area (Å²) in [5, 5.41) is 20.4. The van der Waals surface area contributed by atoms with Gasteiger partial charge in [-0.2, -0.15) is 0 Å². The number of carbonyl (C=O) groups excluding carboxylic acids is 1. The van der Waals surface area contributed by atoms with Gasteiger partial charge in [-0.3, -0.25) is 4.79 Å². The molecule has 0 bridgehead atoms. The predicted molar refractivity (Wildman–Crippen MR) is 156 cm³/mol. The minimum Gasteiger partial charge on any atom is -0.495 e. The molecule has 0 radical (unpaired) electrons. The number of hydrogen-bond donors (Lipinski definition) is 3. The number of hydrogen-bond acceptors (Lipinski definition) is 5. The molecule has 0 atom stereocenters. The number of aromatic carboxylic acids is 2. The molecule has 214 valence electrons. The third-order valence-corrected chi connectivity index (χ3v) is 6.14. The average molecular weight is 550 g/mol. The Hall–Kier alpha value is -4.33. The minimum absolute atomic E-state index is 0.0252. The Labute approximate surface area is 236 Å². The summed E-state index contributed by atoms with van der Waals surface area (Å²) in [6, 6.07) is 19.1. The second-order valence-electron chi connectivity index (χ2n) is 11.3. The lowest BCUT2D eigenvalue weighted by Crippen LogP contribution is -2.24. The predicted octanol–water partition coefficient (Wildman–Crippen LogP) is 6.82. The highest BCUT2D eigenvalue weighted by Crippen LogP contribution is 2.36. The van der Waals surface area contributed by atoms with Crippen LogP contribution in [0.15, 0.2) is 66.7 Å². The van der Waals surface area contributed by atoms with E-state index in [0.29, 0.717) is 28.3 Å². The van der Waals surface area contributed by atoms with Crippen LogP contribution in [-0.4, -0.2) is 41.8 Å². The first kappa shape index (κ1) is 31.9. The van der Waals surface area contributed by atoms with Crippen molar-refractivity contribution < 1.29 is 34.1 Å². The highest BCUT2D eigenvalue weighted by Gasteiger charge is 2.27. The lowest BCUT2D eigenvalue weighted by Gasteiger charge is -2.33. The fourth-order valence-corrected chi connectivity index (χ4v) is 4.58. The van der Waals surface area contributed by atoms with Crippen molar-refractivity contribution in [1.29, 1.82) is 0 Å². The molecule has 0 spiro atoms. The minimum atomic E-state index is -1.07. The van der Waals surface area contributed by atoms with Crippen LogP contribution in [0.3, 0.4) is 0 Å². The molecule has 0 aromatic heterocycles. The van der Waals surface area contributed by atoms with E-state index >= 15 is 0 Å². The number of nitrogens with one attached hydrogen (secondary N) is 1. The van der Waals surface area contributed by atoms with Gasteiger partial charge in [0.1, 0.15) is 11.5 Å². The lowest BCUT2D eigenvalue weighted by atomic mass is 9.72. The summed E-state index contributed by atoms with van der Waals surface area (Å²) in [6.45, 7) is 12.6. The molecule has 3 aromatic carbocycles. The summed E-state index contributed by atoms with van der Waals surface area (Å²) in [5.41, 5.74) is 2.64. The monoisotopic (exact) mass is 549 g/mol. The van der Waals surface area contributed by atoms with Crippen LogP contribution >= 0.6 is 0 Å². The molecule has 3 rings (SSSR count). The van der Waals surface area contributed by atoms with E-state index in [1.54, 1.807) is 37.3 Å². The quantitative estimate of drug-likeness (QED) is 0.268.